The van der Waals surface area contributed by atoms with Gasteiger partial charge in [0.2, 0.25) is 0 Å². The fourth-order valence-electron chi connectivity index (χ4n) is 0.971. The molecule has 11 heavy (non-hydrogen) atoms. The van der Waals surface area contributed by atoms with Crippen molar-refractivity contribution in [3.8, 4) is 0 Å². The van der Waals surface area contributed by atoms with Gasteiger partial charge in [-0.3, -0.25) is 0 Å². The van der Waals surface area contributed by atoms with Gasteiger partial charge in [0.15, 0.2) is 0 Å². The van der Waals surface area contributed by atoms with Gasteiger partial charge in [0.25, 0.3) is 0 Å². The molecule has 2 heteroatoms. The Kier molecular flexibility index (Phi) is 8.60. The number of hydrogen-bond acceptors (Lipinski definition) is 1. The predicted octanol–water partition coefficient (Wildman–Crippen LogP) is 2.52. The normalized spacial score (nSPS) is 12.8. The van der Waals surface area contributed by atoms with Gasteiger partial charge in [-0.25, -0.2) is 0 Å². The van der Waals surface area contributed by atoms with Crippen LogP contribution in [0.15, 0.2) is 0 Å². The Labute approximate surface area is 76.2 Å². The van der Waals surface area contributed by atoms with E-state index in [0.717, 1.165) is 0 Å². The molecule has 0 aliphatic rings. The average molecular weight is 169 g/mol. The van der Waals surface area contributed by atoms with Crippen molar-refractivity contribution in [1.82, 2.24) is 0 Å². The molecule has 0 spiro atoms. The summed E-state index contributed by atoms with van der Waals surface area (Å²) in [6.45, 7) is 4.42. The van der Waals surface area contributed by atoms with E-state index in [-0.39, 0.29) is 0 Å². The van der Waals surface area contributed by atoms with Crippen molar-refractivity contribution < 1.29 is 0 Å². The molecule has 0 saturated heterocycles. The van der Waals surface area contributed by atoms with E-state index >= 15 is 0 Å². The van der Waals surface area contributed by atoms with Crippen molar-refractivity contribution in [2.45, 2.75) is 33.1 Å². The second-order valence-electron chi connectivity index (χ2n) is 2.75. The summed E-state index contributed by atoms with van der Waals surface area (Å²) in [4.78, 5) is 0. The second kappa shape index (κ2) is 8.38. The van der Waals surface area contributed by atoms with E-state index in [1.165, 1.54) is 30.8 Å². The van der Waals surface area contributed by atoms with Crippen LogP contribution >= 0.6 is 11.8 Å². The molecule has 1 atom stereocenters. The predicted molar refractivity (Wildman–Crippen MR) is 57.8 cm³/mol. The Morgan fingerprint density at radius 2 is 2.18 bits per heavy atom. The van der Waals surface area contributed by atoms with Gasteiger partial charge in [-0.15, -0.1) is 0 Å². The van der Waals surface area contributed by atoms with Gasteiger partial charge in [0, 0.05) is 0 Å². The number of unbranched alkanes of at least 4 members (excludes halogenated alkanes) is 1. The van der Waals surface area contributed by atoms with Crippen molar-refractivity contribution in [1.29, 1.82) is 0 Å². The molecule has 0 rings (SSSR count). The molecule has 63 valence electrons. The summed E-state index contributed by atoms with van der Waals surface area (Å²) in [5, 5.41) is 0. The van der Waals surface area contributed by atoms with Crippen molar-refractivity contribution in [2.24, 2.45) is 5.92 Å². The first kappa shape index (κ1) is 11.3. The first-order valence-electron chi connectivity index (χ1n) is 4.47. The molecule has 0 heterocycles. The molecular formula is C9H18BS. The number of thioether (sulfide) groups is 1. The van der Waals surface area contributed by atoms with E-state index in [0.29, 0.717) is 5.92 Å². The van der Waals surface area contributed by atoms with Gasteiger partial charge in [0.05, 0.1) is 0 Å². The SMILES string of the molecule is [B]=CC(CCCC)CSCC. The van der Waals surface area contributed by atoms with Gasteiger partial charge >= 0.3 is 75.7 Å². The first-order chi connectivity index (χ1) is 5.35. The molecular weight excluding hydrogens is 151 g/mol. The van der Waals surface area contributed by atoms with Gasteiger partial charge in [-0.1, -0.05) is 0 Å². The summed E-state index contributed by atoms with van der Waals surface area (Å²) in [6.07, 6.45) is 3.85. The van der Waals surface area contributed by atoms with Crippen LogP contribution in [-0.2, 0) is 0 Å². The molecule has 0 amide bonds. The minimum atomic E-state index is 0.639. The zero-order chi connectivity index (χ0) is 8.53. The molecule has 1 unspecified atom stereocenters. The average Bonchev–Trinajstić information content (AvgIpc) is 2.05. The van der Waals surface area contributed by atoms with Crippen LogP contribution in [0.2, 0.25) is 0 Å². The molecule has 0 nitrogen and oxygen atoms in total. The van der Waals surface area contributed by atoms with Gasteiger partial charge < -0.3 is 0 Å². The van der Waals surface area contributed by atoms with Gasteiger partial charge in [-0.05, 0) is 0 Å². The van der Waals surface area contributed by atoms with E-state index < -0.39 is 0 Å². The van der Waals surface area contributed by atoms with Crippen molar-refractivity contribution >= 4 is 25.2 Å². The standard InChI is InChI=1S/C9H18BS/c1-3-5-6-9(7-10)8-11-4-2/h7,9H,3-6,8H2,1-2H3. The molecule has 0 aromatic heterocycles. The van der Waals surface area contributed by atoms with Crippen molar-refractivity contribution in [2.75, 3.05) is 11.5 Å². The molecule has 0 aromatic carbocycles. The third-order valence-electron chi connectivity index (χ3n) is 1.74. The fourth-order valence-corrected chi connectivity index (χ4v) is 1.79. The molecule has 1 radical (unpaired) electrons. The minimum absolute atomic E-state index is 0.639. The summed E-state index contributed by atoms with van der Waals surface area (Å²) in [5.41, 5.74) is 0. The van der Waals surface area contributed by atoms with Crippen molar-refractivity contribution in [3.05, 3.63) is 0 Å². The Hall–Kier alpha value is 0.285. The monoisotopic (exact) mass is 169 g/mol. The Morgan fingerprint density at radius 3 is 2.64 bits per heavy atom. The zero-order valence-corrected chi connectivity index (χ0v) is 8.49. The summed E-state index contributed by atoms with van der Waals surface area (Å²) in [6, 6.07) is 0. The van der Waals surface area contributed by atoms with Crippen molar-refractivity contribution in [3.63, 3.8) is 0 Å². The van der Waals surface area contributed by atoms with E-state index in [4.69, 9.17) is 7.49 Å². The molecule has 0 aromatic rings. The Balaban J connectivity index is 3.33. The van der Waals surface area contributed by atoms with Crippen LogP contribution in [0.1, 0.15) is 33.1 Å². The zero-order valence-electron chi connectivity index (χ0n) is 7.68. The molecule has 0 aliphatic heterocycles. The van der Waals surface area contributed by atoms with E-state index in [2.05, 4.69) is 13.8 Å². The van der Waals surface area contributed by atoms with Crippen LogP contribution in [0.3, 0.4) is 0 Å². The van der Waals surface area contributed by atoms with E-state index in [1.807, 2.05) is 17.7 Å². The molecule has 0 aliphatic carbocycles. The Bertz CT molecular complexity index is 85.6. The van der Waals surface area contributed by atoms with E-state index in [1.54, 1.807) is 0 Å². The molecule has 0 N–H and O–H groups in total. The van der Waals surface area contributed by atoms with Crippen LogP contribution in [0.25, 0.3) is 0 Å². The first-order valence-corrected chi connectivity index (χ1v) is 5.63. The number of hydrogen-bond donors (Lipinski definition) is 0. The summed E-state index contributed by atoms with van der Waals surface area (Å²) in [5.74, 6) is 4.90. The molecule has 0 bridgehead atoms. The maximum absolute atomic E-state index is 5.52. The Morgan fingerprint density at radius 1 is 1.45 bits per heavy atom. The summed E-state index contributed by atoms with van der Waals surface area (Å²) in [7, 11) is 5.52. The molecule has 0 fully saturated rings. The third-order valence-corrected chi connectivity index (χ3v) is 2.81. The van der Waals surface area contributed by atoms with Gasteiger partial charge in [-0.2, -0.15) is 0 Å². The van der Waals surface area contributed by atoms with Crippen LogP contribution < -0.4 is 0 Å². The third kappa shape index (κ3) is 6.67. The topological polar surface area (TPSA) is 0 Å². The van der Waals surface area contributed by atoms with Crippen LogP contribution in [0.5, 0.6) is 0 Å². The van der Waals surface area contributed by atoms with Crippen LogP contribution in [0, 0.1) is 5.92 Å². The second-order valence-corrected chi connectivity index (χ2v) is 4.07. The van der Waals surface area contributed by atoms with E-state index in [9.17, 15) is 0 Å². The summed E-state index contributed by atoms with van der Waals surface area (Å²) < 4.78 is 0. The molecule has 0 saturated carbocycles. The quantitative estimate of drug-likeness (QED) is 0.527. The summed E-state index contributed by atoms with van der Waals surface area (Å²) >= 11 is 1.98. The van der Waals surface area contributed by atoms with Crippen LogP contribution in [0.4, 0.5) is 0 Å². The van der Waals surface area contributed by atoms with Crippen LogP contribution in [-0.4, -0.2) is 25.0 Å². The number of rotatable bonds is 7. The van der Waals surface area contributed by atoms with Gasteiger partial charge in [0.1, 0.15) is 0 Å². The maximum atomic E-state index is 5.52. The fraction of sp³-hybridized carbons (Fsp3) is 0.889.